The van der Waals surface area contributed by atoms with Crippen molar-refractivity contribution >= 4 is 70.9 Å². The normalized spacial score (nSPS) is 20.5. The summed E-state index contributed by atoms with van der Waals surface area (Å²) in [6.45, 7) is 7.51. The zero-order valence-corrected chi connectivity index (χ0v) is 46.8. The Bertz CT molecular complexity index is 2260. The lowest BCUT2D eigenvalue weighted by molar-refractivity contribution is -0.137. The van der Waals surface area contributed by atoms with Gasteiger partial charge in [0.25, 0.3) is 0 Å². The van der Waals surface area contributed by atoms with Crippen molar-refractivity contribution in [1.82, 2.24) is 62.8 Å². The third-order valence-electron chi connectivity index (χ3n) is 13.1. The lowest BCUT2D eigenvalue weighted by Gasteiger charge is -2.29. The van der Waals surface area contributed by atoms with E-state index in [1.54, 1.807) is 24.7 Å². The molecule has 0 aromatic carbocycles. The zero-order valence-electron chi connectivity index (χ0n) is 46.8. The molecule has 1 aromatic rings. The van der Waals surface area contributed by atoms with Crippen LogP contribution < -0.4 is 76.5 Å². The number of nitrogens with two attached hydrogens (primary N) is 5. The average molecular weight is 1130 g/mol. The molecule has 0 spiro atoms. The number of aryl methyl sites for hydroxylation is 2. The second-order valence-corrected chi connectivity index (χ2v) is 20.4. The van der Waals surface area contributed by atoms with Gasteiger partial charge in [-0.15, -0.1) is 5.10 Å². The van der Waals surface area contributed by atoms with E-state index in [9.17, 15) is 57.8 Å². The molecule has 1 aliphatic heterocycles. The van der Waals surface area contributed by atoms with Crippen molar-refractivity contribution in [3.8, 4) is 0 Å². The maximum atomic E-state index is 14.3. The number of aliphatic imine (C=N–C) groups is 1. The fraction of sp³-hybridized carbons (Fsp3) is 0.720. The van der Waals surface area contributed by atoms with Crippen LogP contribution in [-0.2, 0) is 65.7 Å². The number of primary amides is 2. The molecular weight excluding hydrogens is 1040 g/mol. The molecular formula is C50H88N18O12. The molecule has 450 valence electrons. The van der Waals surface area contributed by atoms with E-state index in [2.05, 4.69) is 63.2 Å². The van der Waals surface area contributed by atoms with E-state index in [1.165, 1.54) is 6.92 Å². The summed E-state index contributed by atoms with van der Waals surface area (Å²) in [5.41, 5.74) is 28.1. The third-order valence-corrected chi connectivity index (χ3v) is 13.1. The van der Waals surface area contributed by atoms with Gasteiger partial charge in [0.15, 0.2) is 5.96 Å². The first-order valence-electron chi connectivity index (χ1n) is 27.4. The summed E-state index contributed by atoms with van der Waals surface area (Å²) in [6, 6.07) is -10.6. The van der Waals surface area contributed by atoms with Crippen LogP contribution >= 0.6 is 0 Å². The van der Waals surface area contributed by atoms with E-state index in [1.807, 2.05) is 13.8 Å². The maximum Gasteiger partial charge on any atom is 0.245 e. The Labute approximate surface area is 466 Å². The lowest BCUT2D eigenvalue weighted by atomic mass is 9.97. The summed E-state index contributed by atoms with van der Waals surface area (Å²) < 4.78 is 1.58. The minimum Gasteiger partial charge on any atom is -0.394 e. The van der Waals surface area contributed by atoms with Gasteiger partial charge in [0, 0.05) is 32.6 Å². The predicted octanol–water partition coefficient (Wildman–Crippen LogP) is -4.79. The van der Waals surface area contributed by atoms with E-state index in [0.717, 1.165) is 0 Å². The minimum atomic E-state index is -1.68. The van der Waals surface area contributed by atoms with Crippen molar-refractivity contribution in [1.29, 1.82) is 0 Å². The molecule has 0 radical (unpaired) electrons. The quantitative estimate of drug-likeness (QED) is 0.0235. The van der Waals surface area contributed by atoms with Gasteiger partial charge < -0.3 is 81.6 Å². The number of aromatic nitrogens is 3. The fourth-order valence-corrected chi connectivity index (χ4v) is 8.47. The van der Waals surface area contributed by atoms with Crippen LogP contribution in [0.15, 0.2) is 11.2 Å². The van der Waals surface area contributed by atoms with Crippen molar-refractivity contribution in [2.75, 3.05) is 26.2 Å². The Morgan fingerprint density at radius 1 is 0.787 bits per heavy atom. The Balaban J connectivity index is 2.53. The van der Waals surface area contributed by atoms with E-state index >= 15 is 0 Å². The molecule has 80 heavy (non-hydrogen) atoms. The highest BCUT2D eigenvalue weighted by molar-refractivity contribution is 5.98. The molecule has 2 rings (SSSR count). The molecule has 9 atom stereocenters. The number of amides is 11. The number of aliphatic hydroxyl groups excluding tert-OH is 1. The average Bonchev–Trinajstić information content (AvgIpc) is 3.85. The Morgan fingerprint density at radius 3 is 2.09 bits per heavy atom. The molecule has 0 aliphatic carbocycles. The molecule has 2 unspecified atom stereocenters. The molecule has 30 heteroatoms. The second kappa shape index (κ2) is 36.6. The van der Waals surface area contributed by atoms with Crippen LogP contribution in [0.25, 0.3) is 0 Å². The molecule has 0 saturated heterocycles. The molecule has 2 bridgehead atoms. The van der Waals surface area contributed by atoms with Crippen LogP contribution in [0.4, 0.5) is 0 Å². The number of hydrogen-bond donors (Lipinski definition) is 15. The number of guanidine groups is 1. The minimum absolute atomic E-state index is 0.00292. The lowest BCUT2D eigenvalue weighted by Crippen LogP contribution is -2.61. The van der Waals surface area contributed by atoms with Gasteiger partial charge in [0.1, 0.15) is 48.3 Å². The summed E-state index contributed by atoms with van der Waals surface area (Å²) in [6.07, 6.45) is 4.97. The summed E-state index contributed by atoms with van der Waals surface area (Å²) in [5, 5.41) is 42.1. The molecule has 1 aromatic heterocycles. The molecule has 11 amide bonds. The molecule has 1 aliphatic rings. The van der Waals surface area contributed by atoms with Gasteiger partial charge in [-0.25, -0.2) is 0 Å². The van der Waals surface area contributed by atoms with Gasteiger partial charge in [-0.3, -0.25) is 62.4 Å². The number of carbonyl (C=O) groups excluding carboxylic acids is 11. The van der Waals surface area contributed by atoms with E-state index in [4.69, 9.17) is 28.7 Å². The zero-order chi connectivity index (χ0) is 59.9. The van der Waals surface area contributed by atoms with Gasteiger partial charge in [0.2, 0.25) is 65.0 Å². The van der Waals surface area contributed by atoms with Gasteiger partial charge in [-0.1, -0.05) is 45.7 Å². The van der Waals surface area contributed by atoms with Crippen molar-refractivity contribution in [2.45, 2.75) is 192 Å². The van der Waals surface area contributed by atoms with Crippen LogP contribution in [0.3, 0.4) is 0 Å². The van der Waals surface area contributed by atoms with E-state index < -0.39 is 139 Å². The number of carbonyl (C=O) groups is 11. The number of fused-ring (bicyclic) bond motifs is 2. The van der Waals surface area contributed by atoms with Gasteiger partial charge in [-0.2, -0.15) is 0 Å². The first-order valence-corrected chi connectivity index (χ1v) is 27.4. The van der Waals surface area contributed by atoms with Gasteiger partial charge in [0.05, 0.1) is 18.8 Å². The number of aliphatic hydroxyl groups is 1. The van der Waals surface area contributed by atoms with Crippen LogP contribution in [-0.4, -0.2) is 166 Å². The first kappa shape index (κ1) is 68.6. The topological polar surface area (TPSA) is 489 Å². The number of nitrogens with one attached hydrogen (secondary N) is 9. The monoisotopic (exact) mass is 1130 g/mol. The second-order valence-electron chi connectivity index (χ2n) is 20.4. The third kappa shape index (κ3) is 26.4. The smallest absolute Gasteiger partial charge is 0.245 e. The molecule has 0 saturated carbocycles. The van der Waals surface area contributed by atoms with Crippen LogP contribution in [0, 0.1) is 11.8 Å². The molecule has 2 heterocycles. The molecule has 20 N–H and O–H groups in total. The van der Waals surface area contributed by atoms with Gasteiger partial charge in [-0.05, 0) is 102 Å². The first-order chi connectivity index (χ1) is 37.9. The maximum absolute atomic E-state index is 14.3. The van der Waals surface area contributed by atoms with E-state index in [-0.39, 0.29) is 69.8 Å². The highest BCUT2D eigenvalue weighted by atomic mass is 16.3. The van der Waals surface area contributed by atoms with Gasteiger partial charge >= 0.3 is 0 Å². The summed E-state index contributed by atoms with van der Waals surface area (Å²) in [5.74, 6) is -9.74. The number of rotatable bonds is 26. The van der Waals surface area contributed by atoms with Crippen molar-refractivity contribution in [2.24, 2.45) is 45.5 Å². The standard InChI is InChI=1S/C50H88N18O12/c1-6-29(4)41-49(80)62-36(19-20-39(52)71)46(77)61-35(45(76)63-37(24-28(2)3)47(78)60-32(42(53)73)18-13-22-56-50(54)55)17-10-12-23-68-26-31(66-67-68)14-7-8-15-34(44(75)64-38(27-69)48(79)65-41)59-40(72)25-57-43(74)33(58-30(5)70)16-9-11-21-51/h26,28-29,32-38,41,69H,6-25,27,51H2,1-5H3,(H2,52,71)(H2,53,73)(H,57,74)(H,58,70)(H,59,72)(H,60,78)(H,61,77)(H,62,80)(H,63,76)(H,64,75)(H,65,79)(H4,54,55,56)/t29-,32-,33-,34?,35-,36?,37-,38-,41-/m0/s1. The number of unbranched alkanes of at least 4 members (excludes halogenated alkanes) is 1. The summed E-state index contributed by atoms with van der Waals surface area (Å²) >= 11 is 0. The van der Waals surface area contributed by atoms with Crippen LogP contribution in [0.5, 0.6) is 0 Å². The predicted molar refractivity (Wildman–Crippen MR) is 292 cm³/mol. The Hall–Kier alpha value is -7.50. The SMILES string of the molecule is CC[C@H](C)[C@@H]1NC(=O)[C@H](CO)NC(=O)C(NC(=O)CNC(=O)[C@H](CCCCN)NC(C)=O)CCCCc2cn(nn2)CCCC[C@@H](C(=O)N[C@@H](CC(C)C)C(=O)N[C@@H](CCCN=C(N)N)C(N)=O)NC(=O)C(CCC(N)=O)NC1=O. The molecule has 30 nitrogen and oxygen atoms in total. The van der Waals surface area contributed by atoms with Crippen LogP contribution in [0.1, 0.15) is 137 Å². The van der Waals surface area contributed by atoms with E-state index in [0.29, 0.717) is 63.7 Å². The highest BCUT2D eigenvalue weighted by Crippen LogP contribution is 2.14. The Kier molecular flexibility index (Phi) is 31.4. The largest absolute Gasteiger partial charge is 0.394 e. The summed E-state index contributed by atoms with van der Waals surface area (Å²) in [7, 11) is 0. The fourth-order valence-electron chi connectivity index (χ4n) is 8.47. The summed E-state index contributed by atoms with van der Waals surface area (Å²) in [4.78, 5) is 151. The van der Waals surface area contributed by atoms with Crippen molar-refractivity contribution in [3.63, 3.8) is 0 Å². The highest BCUT2D eigenvalue weighted by Gasteiger charge is 2.36. The number of hydrogen-bond acceptors (Lipinski definition) is 16. The van der Waals surface area contributed by atoms with Crippen molar-refractivity contribution < 1.29 is 57.8 Å². The van der Waals surface area contributed by atoms with Crippen LogP contribution in [0.2, 0.25) is 0 Å². The van der Waals surface area contributed by atoms with Crippen molar-refractivity contribution in [3.05, 3.63) is 11.9 Å². The Morgan fingerprint density at radius 2 is 1.46 bits per heavy atom. The number of nitrogens with zero attached hydrogens (tertiary/aromatic N) is 4. The molecule has 0 fully saturated rings.